The van der Waals surface area contributed by atoms with Gasteiger partial charge in [0.1, 0.15) is 0 Å². The van der Waals surface area contributed by atoms with E-state index in [9.17, 15) is 27.6 Å². The third-order valence-corrected chi connectivity index (χ3v) is 3.13. The number of nitrogens with two attached hydrogens (primary N) is 1. The van der Waals surface area contributed by atoms with Crippen LogP contribution in [0, 0.1) is 5.92 Å². The molecule has 0 radical (unpaired) electrons. The number of likely N-dealkylation sites (tertiary alicyclic amines) is 1. The maximum atomic E-state index is 12.0. The highest BCUT2D eigenvalue weighted by Crippen LogP contribution is 2.21. The minimum Gasteiger partial charge on any atom is -0.369 e. The number of carbonyl (C=O) groups excluding carboxylic acids is 3. The summed E-state index contributed by atoms with van der Waals surface area (Å²) < 4.78 is 35.9. The van der Waals surface area contributed by atoms with Gasteiger partial charge in [0.25, 0.3) is 0 Å². The monoisotopic (exact) mass is 280 g/mol. The zero-order valence-corrected chi connectivity index (χ0v) is 10.2. The number of amides is 2. The fourth-order valence-electron chi connectivity index (χ4n) is 1.93. The Labute approximate surface area is 107 Å². The van der Waals surface area contributed by atoms with E-state index < -0.39 is 36.6 Å². The second kappa shape index (κ2) is 6.03. The van der Waals surface area contributed by atoms with Crippen LogP contribution in [0.4, 0.5) is 13.2 Å². The first-order valence-electron chi connectivity index (χ1n) is 5.89. The Morgan fingerprint density at radius 1 is 1.11 bits per heavy atom. The van der Waals surface area contributed by atoms with Crippen LogP contribution in [0.5, 0.6) is 0 Å². The minimum absolute atomic E-state index is 0.284. The van der Waals surface area contributed by atoms with Crippen LogP contribution >= 0.6 is 0 Å². The Morgan fingerprint density at radius 2 is 1.63 bits per heavy atom. The lowest BCUT2D eigenvalue weighted by Crippen LogP contribution is -2.42. The topological polar surface area (TPSA) is 80.5 Å². The molecule has 1 saturated heterocycles. The number of alkyl halides is 3. The molecule has 19 heavy (non-hydrogen) atoms. The maximum Gasteiger partial charge on any atom is 0.449 e. The van der Waals surface area contributed by atoms with Crippen LogP contribution in [0.15, 0.2) is 0 Å². The predicted octanol–water partition coefficient (Wildman–Crippen LogP) is 0.622. The van der Waals surface area contributed by atoms with Crippen LogP contribution in [0.25, 0.3) is 0 Å². The summed E-state index contributed by atoms with van der Waals surface area (Å²) in [6.07, 6.45) is -5.36. The van der Waals surface area contributed by atoms with Crippen molar-refractivity contribution in [3.63, 3.8) is 0 Å². The summed E-state index contributed by atoms with van der Waals surface area (Å²) in [4.78, 5) is 34.5. The van der Waals surface area contributed by atoms with Crippen molar-refractivity contribution in [1.29, 1.82) is 0 Å². The first-order chi connectivity index (χ1) is 8.71. The Morgan fingerprint density at radius 3 is 2.05 bits per heavy atom. The lowest BCUT2D eigenvalue weighted by molar-refractivity contribution is -0.171. The van der Waals surface area contributed by atoms with Crippen molar-refractivity contribution in [2.24, 2.45) is 11.7 Å². The van der Waals surface area contributed by atoms with Crippen molar-refractivity contribution in [2.75, 3.05) is 13.1 Å². The zero-order chi connectivity index (χ0) is 14.6. The van der Waals surface area contributed by atoms with Crippen LogP contribution in [-0.2, 0) is 14.4 Å². The second-order valence-corrected chi connectivity index (χ2v) is 4.48. The quantitative estimate of drug-likeness (QED) is 0.819. The first kappa shape index (κ1) is 15.5. The van der Waals surface area contributed by atoms with E-state index in [-0.39, 0.29) is 19.0 Å². The molecule has 0 aromatic rings. The SMILES string of the molecule is NC(=O)C1CCN(C(=O)CCC(=O)C(F)(F)F)CC1. The van der Waals surface area contributed by atoms with E-state index in [1.807, 2.05) is 0 Å². The van der Waals surface area contributed by atoms with Gasteiger partial charge in [0, 0.05) is 31.8 Å². The molecule has 1 heterocycles. The number of ketones is 1. The molecule has 0 bridgehead atoms. The largest absolute Gasteiger partial charge is 0.449 e. The van der Waals surface area contributed by atoms with Gasteiger partial charge < -0.3 is 10.6 Å². The van der Waals surface area contributed by atoms with Gasteiger partial charge in [-0.2, -0.15) is 13.2 Å². The highest BCUT2D eigenvalue weighted by molar-refractivity contribution is 5.88. The lowest BCUT2D eigenvalue weighted by atomic mass is 9.96. The molecule has 1 rings (SSSR count). The molecular formula is C11H15F3N2O3. The summed E-state index contributed by atoms with van der Waals surface area (Å²) in [5.74, 6) is -3.12. The average Bonchev–Trinajstić information content (AvgIpc) is 2.34. The normalized spacial score (nSPS) is 17.3. The van der Waals surface area contributed by atoms with Gasteiger partial charge in [-0.25, -0.2) is 0 Å². The zero-order valence-electron chi connectivity index (χ0n) is 10.2. The summed E-state index contributed by atoms with van der Waals surface area (Å²) in [5, 5.41) is 0. The molecular weight excluding hydrogens is 265 g/mol. The molecule has 0 spiro atoms. The summed E-state index contributed by atoms with van der Waals surface area (Å²) in [6, 6.07) is 0. The number of nitrogens with zero attached hydrogens (tertiary/aromatic N) is 1. The maximum absolute atomic E-state index is 12.0. The molecule has 1 aliphatic rings. The number of carbonyl (C=O) groups is 3. The molecule has 8 heteroatoms. The summed E-state index contributed by atoms with van der Waals surface area (Å²) in [6.45, 7) is 0.569. The van der Waals surface area contributed by atoms with Gasteiger partial charge in [-0.05, 0) is 12.8 Å². The molecule has 0 atom stereocenters. The highest BCUT2D eigenvalue weighted by atomic mass is 19.4. The van der Waals surface area contributed by atoms with Crippen molar-refractivity contribution in [1.82, 2.24) is 4.90 Å². The number of primary amides is 1. The summed E-state index contributed by atoms with van der Waals surface area (Å²) in [5.41, 5.74) is 5.12. The van der Waals surface area contributed by atoms with E-state index in [1.54, 1.807) is 0 Å². The van der Waals surface area contributed by atoms with Crippen LogP contribution < -0.4 is 5.73 Å². The molecule has 0 aliphatic carbocycles. The highest BCUT2D eigenvalue weighted by Gasteiger charge is 2.38. The third-order valence-electron chi connectivity index (χ3n) is 3.13. The van der Waals surface area contributed by atoms with E-state index >= 15 is 0 Å². The average molecular weight is 280 g/mol. The van der Waals surface area contributed by atoms with Crippen LogP contribution in [0.1, 0.15) is 25.7 Å². The van der Waals surface area contributed by atoms with Gasteiger partial charge in [-0.1, -0.05) is 0 Å². The van der Waals surface area contributed by atoms with Crippen molar-refractivity contribution < 1.29 is 27.6 Å². The van der Waals surface area contributed by atoms with E-state index in [0.717, 1.165) is 0 Å². The molecule has 2 N–H and O–H groups in total. The molecule has 0 aromatic heterocycles. The number of rotatable bonds is 4. The molecule has 5 nitrogen and oxygen atoms in total. The van der Waals surface area contributed by atoms with Gasteiger partial charge in [0.15, 0.2) is 0 Å². The third kappa shape index (κ3) is 4.53. The van der Waals surface area contributed by atoms with Gasteiger partial charge in [-0.3, -0.25) is 14.4 Å². The molecule has 0 unspecified atom stereocenters. The first-order valence-corrected chi connectivity index (χ1v) is 5.89. The van der Waals surface area contributed by atoms with Crippen molar-refractivity contribution in [3.05, 3.63) is 0 Å². The lowest BCUT2D eigenvalue weighted by Gasteiger charge is -2.30. The predicted molar refractivity (Wildman–Crippen MR) is 58.8 cm³/mol. The van der Waals surface area contributed by atoms with Gasteiger partial charge in [-0.15, -0.1) is 0 Å². The van der Waals surface area contributed by atoms with Crippen molar-refractivity contribution in [3.8, 4) is 0 Å². The van der Waals surface area contributed by atoms with Crippen LogP contribution in [0.3, 0.4) is 0 Å². The van der Waals surface area contributed by atoms with Gasteiger partial charge in [0.05, 0.1) is 0 Å². The van der Waals surface area contributed by atoms with Gasteiger partial charge in [0.2, 0.25) is 17.6 Å². The summed E-state index contributed by atoms with van der Waals surface area (Å²) >= 11 is 0. The van der Waals surface area contributed by atoms with E-state index in [1.165, 1.54) is 4.90 Å². The Hall–Kier alpha value is -1.60. The van der Waals surface area contributed by atoms with Crippen LogP contribution in [-0.4, -0.2) is 41.8 Å². The number of Topliss-reactive ketones (excluding diaryl/α,β-unsaturated/α-hetero) is 1. The number of piperidine rings is 1. The van der Waals surface area contributed by atoms with E-state index in [4.69, 9.17) is 5.73 Å². The molecule has 1 fully saturated rings. The van der Waals surface area contributed by atoms with E-state index in [2.05, 4.69) is 0 Å². The molecule has 0 saturated carbocycles. The van der Waals surface area contributed by atoms with Crippen molar-refractivity contribution in [2.45, 2.75) is 31.9 Å². The van der Waals surface area contributed by atoms with Gasteiger partial charge >= 0.3 is 6.18 Å². The Kier molecular flexibility index (Phi) is 4.90. The standard InChI is InChI=1S/C11H15F3N2O3/c12-11(13,14)8(17)1-2-9(18)16-5-3-7(4-6-16)10(15)19/h7H,1-6H2,(H2,15,19). The Bertz CT molecular complexity index is 374. The van der Waals surface area contributed by atoms with Crippen LogP contribution in [0.2, 0.25) is 0 Å². The fourth-order valence-corrected chi connectivity index (χ4v) is 1.93. The smallest absolute Gasteiger partial charge is 0.369 e. The molecule has 0 aromatic carbocycles. The number of hydrogen-bond acceptors (Lipinski definition) is 3. The molecule has 108 valence electrons. The Balaban J connectivity index is 2.36. The molecule has 2 amide bonds. The van der Waals surface area contributed by atoms with E-state index in [0.29, 0.717) is 12.8 Å². The second-order valence-electron chi connectivity index (χ2n) is 4.48. The number of halogens is 3. The fraction of sp³-hybridized carbons (Fsp3) is 0.727. The molecule has 1 aliphatic heterocycles. The minimum atomic E-state index is -4.89. The van der Waals surface area contributed by atoms with Crippen molar-refractivity contribution >= 4 is 17.6 Å². The summed E-state index contributed by atoms with van der Waals surface area (Å²) in [7, 11) is 0. The number of hydrogen-bond donors (Lipinski definition) is 1.